The second-order valence-electron chi connectivity index (χ2n) is 19.0. The molecule has 2 aromatic carbocycles. The predicted octanol–water partition coefficient (Wildman–Crippen LogP) is 6.39. The smallest absolute Gasteiger partial charge is 0.410 e. The number of hydrogen-bond donors (Lipinski definition) is 3. The fourth-order valence-electron chi connectivity index (χ4n) is 7.24. The number of ether oxygens (including phenoxy) is 1. The van der Waals surface area contributed by atoms with Gasteiger partial charge in [-0.3, -0.25) is 9.59 Å². The average molecular weight is 1040 g/mol. The van der Waals surface area contributed by atoms with Crippen LogP contribution in [-0.2, 0) is 27.2 Å². The van der Waals surface area contributed by atoms with E-state index in [1.165, 1.54) is 23.3 Å². The van der Waals surface area contributed by atoms with Crippen LogP contribution in [-0.4, -0.2) is 148 Å². The van der Waals surface area contributed by atoms with Crippen LogP contribution in [0.3, 0.4) is 0 Å². The van der Waals surface area contributed by atoms with Gasteiger partial charge in [-0.05, 0) is 91.3 Å². The summed E-state index contributed by atoms with van der Waals surface area (Å²) in [6, 6.07) is 31.8. The van der Waals surface area contributed by atoms with E-state index in [1.54, 1.807) is 23.1 Å². The molecular formula is C54H68ClN15O5. The molecule has 3 aliphatic heterocycles. The third kappa shape index (κ3) is 22.0. The maximum Gasteiger partial charge on any atom is 0.410 e. The van der Waals surface area contributed by atoms with Crippen molar-refractivity contribution in [1.29, 1.82) is 15.8 Å². The highest BCUT2D eigenvalue weighted by molar-refractivity contribution is 6.29. The SMILES string of the molecule is CC(C)(C)OC(=O)N1CCNCC1.CC(C)c1ccc(CC(=O)N2CCN(c3ccc(C#N)nn3)CC2)cc1.CC(C)c1ccc(CC(=O)O)cc1.N#Cc1ccc(Cl)nn1.N#Cc1ccc(N2CCNCC2)nn1. The lowest BCUT2D eigenvalue weighted by Gasteiger charge is -2.35. The van der Waals surface area contributed by atoms with E-state index in [1.807, 2.05) is 74.2 Å². The van der Waals surface area contributed by atoms with Crippen molar-refractivity contribution in [2.75, 3.05) is 88.3 Å². The molecule has 75 heavy (non-hydrogen) atoms. The first-order valence-electron chi connectivity index (χ1n) is 24.8. The molecule has 396 valence electrons. The van der Waals surface area contributed by atoms with Crippen LogP contribution in [0.5, 0.6) is 0 Å². The Morgan fingerprint density at radius 3 is 1.36 bits per heavy atom. The van der Waals surface area contributed by atoms with E-state index in [4.69, 9.17) is 37.2 Å². The van der Waals surface area contributed by atoms with Gasteiger partial charge in [0.25, 0.3) is 0 Å². The monoisotopic (exact) mass is 1040 g/mol. The zero-order chi connectivity index (χ0) is 54.8. The number of carboxylic acids is 1. The fourth-order valence-corrected chi connectivity index (χ4v) is 7.34. The third-order valence-corrected chi connectivity index (χ3v) is 11.6. The van der Waals surface area contributed by atoms with Crippen molar-refractivity contribution in [3.63, 3.8) is 0 Å². The number of halogens is 1. The zero-order valence-electron chi connectivity index (χ0n) is 43.9. The van der Waals surface area contributed by atoms with Crippen molar-refractivity contribution < 1.29 is 24.2 Å². The Morgan fingerprint density at radius 2 is 0.987 bits per heavy atom. The van der Waals surface area contributed by atoms with Gasteiger partial charge < -0.3 is 40.1 Å². The molecule has 0 atom stereocenters. The molecular weight excluding hydrogens is 974 g/mol. The molecule has 0 aliphatic carbocycles. The van der Waals surface area contributed by atoms with Crippen LogP contribution in [0.2, 0.25) is 5.15 Å². The minimum atomic E-state index is -0.780. The highest BCUT2D eigenvalue weighted by atomic mass is 35.5. The number of nitrogens with one attached hydrogen (secondary N) is 2. The first kappa shape index (κ1) is 59.7. The summed E-state index contributed by atoms with van der Waals surface area (Å²) in [6.07, 6.45) is 0.349. The summed E-state index contributed by atoms with van der Waals surface area (Å²) in [7, 11) is 0. The lowest BCUT2D eigenvalue weighted by Crippen LogP contribution is -2.49. The Balaban J connectivity index is 0.000000214. The standard InChI is InChI=1S/C20H23N5O.C11H14O2.C9H11N5.C9H18N2O2.C5H2ClN3/c1-15(2)17-5-3-16(4-6-17)13-20(26)25-11-9-24(10-12-25)19-8-7-18(14-21)22-23-19;1-8(2)10-5-3-9(4-6-10)7-11(12)13;10-7-8-1-2-9(13-12-8)14-5-3-11-4-6-14;1-9(2,3)13-8(12)11-6-4-10-5-7-11;6-5-2-1-4(3-7)8-9-5/h3-8,15H,9-13H2,1-2H3;3-6,8H,7H2,1-2H3,(H,12,13);1-2,11H,3-6H2;10H,4-7H2,1-3H3;1-2H. The van der Waals surface area contributed by atoms with E-state index in [2.05, 4.69) is 103 Å². The summed E-state index contributed by atoms with van der Waals surface area (Å²) in [5.74, 6) is 1.98. The maximum atomic E-state index is 12.6. The molecule has 2 amide bonds. The molecule has 0 radical (unpaired) electrons. The number of rotatable bonds is 8. The largest absolute Gasteiger partial charge is 0.481 e. The normalized spacial score (nSPS) is 14.1. The predicted molar refractivity (Wildman–Crippen MR) is 286 cm³/mol. The Labute approximate surface area is 445 Å². The van der Waals surface area contributed by atoms with E-state index in [9.17, 15) is 14.4 Å². The van der Waals surface area contributed by atoms with Gasteiger partial charge in [0.1, 0.15) is 23.8 Å². The number of nitriles is 3. The molecule has 0 bridgehead atoms. The minimum Gasteiger partial charge on any atom is -0.481 e. The van der Waals surface area contributed by atoms with Gasteiger partial charge in [-0.25, -0.2) is 4.79 Å². The topological polar surface area (TPSA) is 266 Å². The first-order valence-corrected chi connectivity index (χ1v) is 25.2. The molecule has 0 saturated carbocycles. The minimum absolute atomic E-state index is 0.109. The van der Waals surface area contributed by atoms with Crippen LogP contribution < -0.4 is 20.4 Å². The number of benzene rings is 2. The number of piperazine rings is 3. The van der Waals surface area contributed by atoms with Crippen LogP contribution in [0.4, 0.5) is 16.4 Å². The molecule has 3 aliphatic rings. The summed E-state index contributed by atoms with van der Waals surface area (Å²) >= 11 is 5.39. The molecule has 0 unspecified atom stereocenters. The highest BCUT2D eigenvalue weighted by Gasteiger charge is 2.24. The number of carbonyl (C=O) groups excluding carboxylic acids is 2. The second-order valence-corrected chi connectivity index (χ2v) is 19.4. The van der Waals surface area contributed by atoms with Gasteiger partial charge in [0.05, 0.1) is 12.8 Å². The Bertz CT molecular complexity index is 2650. The van der Waals surface area contributed by atoms with E-state index in [0.29, 0.717) is 47.9 Å². The van der Waals surface area contributed by atoms with Gasteiger partial charge in [0.15, 0.2) is 33.9 Å². The van der Waals surface area contributed by atoms with Crippen molar-refractivity contribution >= 4 is 41.2 Å². The summed E-state index contributed by atoms with van der Waals surface area (Å²) in [6.45, 7) is 24.0. The highest BCUT2D eigenvalue weighted by Crippen LogP contribution is 2.18. The summed E-state index contributed by atoms with van der Waals surface area (Å²) in [5.41, 5.74) is 5.01. The van der Waals surface area contributed by atoms with E-state index >= 15 is 0 Å². The van der Waals surface area contributed by atoms with Crippen molar-refractivity contribution in [3.8, 4) is 18.2 Å². The molecule has 0 spiro atoms. The molecule has 20 nitrogen and oxygen atoms in total. The van der Waals surface area contributed by atoms with Gasteiger partial charge in [-0.1, -0.05) is 87.8 Å². The number of hydrogen-bond acceptors (Lipinski definition) is 17. The van der Waals surface area contributed by atoms with E-state index in [-0.39, 0.29) is 29.7 Å². The van der Waals surface area contributed by atoms with Crippen molar-refractivity contribution in [2.45, 2.75) is 78.7 Å². The van der Waals surface area contributed by atoms with Crippen molar-refractivity contribution in [2.24, 2.45) is 0 Å². The van der Waals surface area contributed by atoms with E-state index < -0.39 is 5.97 Å². The van der Waals surface area contributed by atoms with Gasteiger partial charge in [-0.2, -0.15) is 15.8 Å². The maximum absolute atomic E-state index is 12.6. The van der Waals surface area contributed by atoms with Gasteiger partial charge in [0, 0.05) is 78.5 Å². The number of carbonyl (C=O) groups is 3. The molecule has 5 aromatic rings. The number of carboxylic acid groups (broad SMARTS) is 1. The molecule has 21 heteroatoms. The number of nitrogens with zero attached hydrogens (tertiary/aromatic N) is 13. The van der Waals surface area contributed by atoms with Gasteiger partial charge in [-0.15, -0.1) is 30.6 Å². The van der Waals surface area contributed by atoms with Crippen LogP contribution in [0.25, 0.3) is 0 Å². The molecule has 3 N–H and O–H groups in total. The number of anilines is 2. The van der Waals surface area contributed by atoms with Crippen LogP contribution >= 0.6 is 11.6 Å². The summed E-state index contributed by atoms with van der Waals surface area (Å²) in [5, 5.41) is 63.5. The van der Waals surface area contributed by atoms with Crippen LogP contribution in [0.15, 0.2) is 84.9 Å². The molecule has 3 fully saturated rings. The quantitative estimate of drug-likeness (QED) is 0.152. The number of amides is 2. The second kappa shape index (κ2) is 31.0. The third-order valence-electron chi connectivity index (χ3n) is 11.4. The van der Waals surface area contributed by atoms with Gasteiger partial charge in [0.2, 0.25) is 5.91 Å². The van der Waals surface area contributed by atoms with Crippen LogP contribution in [0.1, 0.15) is 99.6 Å². The first-order chi connectivity index (χ1) is 35.9. The van der Waals surface area contributed by atoms with Crippen molar-refractivity contribution in [1.82, 2.24) is 51.0 Å². The molecule has 3 saturated heterocycles. The molecule has 6 heterocycles. The Kier molecular flexibility index (Phi) is 24.7. The fraction of sp³-hybridized carbons (Fsp3) is 0.444. The van der Waals surface area contributed by atoms with E-state index in [0.717, 1.165) is 88.2 Å². The summed E-state index contributed by atoms with van der Waals surface area (Å²) < 4.78 is 5.24. The number of aliphatic carboxylic acids is 1. The molecule has 8 rings (SSSR count). The lowest BCUT2D eigenvalue weighted by molar-refractivity contribution is -0.136. The molecule has 3 aromatic heterocycles. The van der Waals surface area contributed by atoms with Gasteiger partial charge >= 0.3 is 12.1 Å². The number of aromatic nitrogens is 6. The Hall–Kier alpha value is -7.83. The summed E-state index contributed by atoms with van der Waals surface area (Å²) in [4.78, 5) is 42.3. The lowest BCUT2D eigenvalue weighted by atomic mass is 10.0. The average Bonchev–Trinajstić information content (AvgIpc) is 3.42. The van der Waals surface area contributed by atoms with Crippen LogP contribution in [0, 0.1) is 34.0 Å². The van der Waals surface area contributed by atoms with Crippen molar-refractivity contribution in [3.05, 3.63) is 129 Å². The zero-order valence-corrected chi connectivity index (χ0v) is 44.7. The Morgan fingerprint density at radius 1 is 0.573 bits per heavy atom.